The van der Waals surface area contributed by atoms with E-state index in [1.807, 2.05) is 38.1 Å². The summed E-state index contributed by atoms with van der Waals surface area (Å²) in [6, 6.07) is 12.5. The van der Waals surface area contributed by atoms with Gasteiger partial charge in [0, 0.05) is 5.69 Å². The number of carbonyl (C=O) groups is 2. The Bertz CT molecular complexity index is 1030. The molecule has 0 fully saturated rings. The maximum atomic E-state index is 12.4. The molecule has 0 bridgehead atoms. The summed E-state index contributed by atoms with van der Waals surface area (Å²) < 4.78 is 15.7. The Kier molecular flexibility index (Phi) is 6.51. The van der Waals surface area contributed by atoms with Gasteiger partial charge in [-0.05, 0) is 56.2 Å². The molecule has 1 aromatic heterocycles. The number of aryl methyl sites for hydroxylation is 2. The van der Waals surface area contributed by atoms with E-state index >= 15 is 0 Å². The second kappa shape index (κ2) is 9.26. The van der Waals surface area contributed by atoms with Gasteiger partial charge in [-0.3, -0.25) is 4.79 Å². The van der Waals surface area contributed by atoms with E-state index in [2.05, 4.69) is 10.5 Å². The van der Waals surface area contributed by atoms with Crippen molar-refractivity contribution in [2.45, 2.75) is 33.8 Å². The largest absolute Gasteiger partial charge is 0.489 e. The molecule has 1 heterocycles. The van der Waals surface area contributed by atoms with Crippen molar-refractivity contribution in [3.05, 3.63) is 76.2 Å². The molecule has 0 spiro atoms. The van der Waals surface area contributed by atoms with Gasteiger partial charge in [0.2, 0.25) is 5.91 Å². The number of ether oxygens (including phenoxy) is 2. The van der Waals surface area contributed by atoms with Crippen molar-refractivity contribution in [2.24, 2.45) is 0 Å². The van der Waals surface area contributed by atoms with Gasteiger partial charge in [-0.1, -0.05) is 23.4 Å². The highest BCUT2D eigenvalue weighted by Gasteiger charge is 2.14. The van der Waals surface area contributed by atoms with E-state index in [0.29, 0.717) is 29.2 Å². The second-order valence-electron chi connectivity index (χ2n) is 6.93. The average molecular weight is 408 g/mol. The summed E-state index contributed by atoms with van der Waals surface area (Å²) in [5.41, 5.74) is 4.27. The molecule has 7 heteroatoms. The minimum atomic E-state index is -0.434. The van der Waals surface area contributed by atoms with Crippen LogP contribution in [0.3, 0.4) is 0 Å². The molecule has 1 amide bonds. The van der Waals surface area contributed by atoms with Crippen LogP contribution in [0, 0.1) is 20.8 Å². The highest BCUT2D eigenvalue weighted by molar-refractivity contribution is 5.97. The van der Waals surface area contributed by atoms with Crippen molar-refractivity contribution in [2.75, 3.05) is 12.4 Å². The number of nitrogens with one attached hydrogen (secondary N) is 1. The molecule has 2 aromatic carbocycles. The number of nitrogens with zero attached hydrogens (tertiary/aromatic N) is 1. The zero-order valence-electron chi connectivity index (χ0n) is 17.4. The lowest BCUT2D eigenvalue weighted by atomic mass is 10.1. The Morgan fingerprint density at radius 3 is 2.43 bits per heavy atom. The third-order valence-corrected chi connectivity index (χ3v) is 4.87. The molecule has 0 saturated carbocycles. The van der Waals surface area contributed by atoms with Gasteiger partial charge in [0.15, 0.2) is 0 Å². The van der Waals surface area contributed by atoms with Gasteiger partial charge in [-0.25, -0.2) is 4.79 Å². The van der Waals surface area contributed by atoms with Gasteiger partial charge in [0.05, 0.1) is 30.4 Å². The third-order valence-electron chi connectivity index (χ3n) is 4.87. The first-order valence-electron chi connectivity index (χ1n) is 9.50. The van der Waals surface area contributed by atoms with E-state index in [-0.39, 0.29) is 12.3 Å². The fraction of sp³-hybridized carbons (Fsp3) is 0.261. The lowest BCUT2D eigenvalue weighted by Gasteiger charge is -2.12. The highest BCUT2D eigenvalue weighted by atomic mass is 16.5. The average Bonchev–Trinajstić information content (AvgIpc) is 3.06. The van der Waals surface area contributed by atoms with Crippen LogP contribution < -0.4 is 10.1 Å². The molecule has 0 saturated heterocycles. The topological polar surface area (TPSA) is 90.7 Å². The first-order valence-corrected chi connectivity index (χ1v) is 9.50. The molecule has 156 valence electrons. The van der Waals surface area contributed by atoms with Crippen LogP contribution in [0.15, 0.2) is 47.0 Å². The Balaban J connectivity index is 1.59. The third kappa shape index (κ3) is 4.86. The maximum Gasteiger partial charge on any atom is 0.338 e. The predicted molar refractivity (Wildman–Crippen MR) is 112 cm³/mol. The van der Waals surface area contributed by atoms with Crippen LogP contribution in [0.4, 0.5) is 5.69 Å². The van der Waals surface area contributed by atoms with E-state index in [1.54, 1.807) is 25.1 Å². The van der Waals surface area contributed by atoms with Crippen molar-refractivity contribution in [3.8, 4) is 5.75 Å². The van der Waals surface area contributed by atoms with E-state index in [9.17, 15) is 9.59 Å². The summed E-state index contributed by atoms with van der Waals surface area (Å²) in [5, 5.41) is 6.76. The van der Waals surface area contributed by atoms with Crippen LogP contribution in [0.1, 0.15) is 38.5 Å². The smallest absolute Gasteiger partial charge is 0.338 e. The lowest BCUT2D eigenvalue weighted by Crippen LogP contribution is -2.16. The minimum Gasteiger partial charge on any atom is -0.489 e. The molecular formula is C23H24N2O5. The summed E-state index contributed by atoms with van der Waals surface area (Å²) in [6.45, 7) is 5.87. The molecule has 0 aliphatic carbocycles. The highest BCUT2D eigenvalue weighted by Crippen LogP contribution is 2.21. The number of benzene rings is 2. The number of esters is 1. The molecule has 3 rings (SSSR count). The molecule has 7 nitrogen and oxygen atoms in total. The Morgan fingerprint density at radius 1 is 1.07 bits per heavy atom. The van der Waals surface area contributed by atoms with Crippen LogP contribution in [-0.2, 0) is 22.6 Å². The van der Waals surface area contributed by atoms with Crippen LogP contribution in [-0.4, -0.2) is 24.1 Å². The fourth-order valence-corrected chi connectivity index (χ4v) is 3.05. The molecule has 0 radical (unpaired) electrons. The van der Waals surface area contributed by atoms with E-state index in [0.717, 1.165) is 22.6 Å². The van der Waals surface area contributed by atoms with Gasteiger partial charge in [-0.2, -0.15) is 0 Å². The van der Waals surface area contributed by atoms with Crippen molar-refractivity contribution in [1.29, 1.82) is 0 Å². The monoisotopic (exact) mass is 408 g/mol. The second-order valence-corrected chi connectivity index (χ2v) is 6.93. The molecule has 3 aromatic rings. The number of hydrogen-bond donors (Lipinski definition) is 1. The van der Waals surface area contributed by atoms with Gasteiger partial charge in [0.1, 0.15) is 18.1 Å². The number of methoxy groups -OCH3 is 1. The molecular weight excluding hydrogens is 384 g/mol. The number of carbonyl (C=O) groups excluding carboxylic acids is 2. The van der Waals surface area contributed by atoms with Gasteiger partial charge in [-0.15, -0.1) is 0 Å². The summed E-state index contributed by atoms with van der Waals surface area (Å²) in [5.74, 6) is 0.827. The van der Waals surface area contributed by atoms with Crippen molar-refractivity contribution in [1.82, 2.24) is 5.16 Å². The number of anilines is 1. The van der Waals surface area contributed by atoms with Crippen molar-refractivity contribution < 1.29 is 23.6 Å². The van der Waals surface area contributed by atoms with Crippen molar-refractivity contribution in [3.63, 3.8) is 0 Å². The van der Waals surface area contributed by atoms with Gasteiger partial charge >= 0.3 is 5.97 Å². The molecule has 0 aliphatic heterocycles. The molecule has 1 N–H and O–H groups in total. The first-order chi connectivity index (χ1) is 14.4. The number of aromatic nitrogens is 1. The quantitative estimate of drug-likeness (QED) is 0.591. The van der Waals surface area contributed by atoms with E-state index in [4.69, 9.17) is 14.0 Å². The zero-order chi connectivity index (χ0) is 21.7. The van der Waals surface area contributed by atoms with E-state index in [1.165, 1.54) is 7.11 Å². The number of amides is 1. The molecule has 0 unspecified atom stereocenters. The number of rotatable bonds is 7. The summed E-state index contributed by atoms with van der Waals surface area (Å²) in [6.07, 6.45) is 0.200. The minimum absolute atomic E-state index is 0.176. The standard InChI is InChI=1S/C23H24N2O5/c1-14-19(23(27)28-4)6-5-7-21(14)24-22(26)12-17-8-10-18(11-9-17)29-13-20-15(2)25-30-16(20)3/h5-11H,12-13H2,1-4H3,(H,24,26). The van der Waals surface area contributed by atoms with Gasteiger partial charge in [0.25, 0.3) is 0 Å². The molecule has 0 atom stereocenters. The maximum absolute atomic E-state index is 12.4. The van der Waals surface area contributed by atoms with E-state index < -0.39 is 5.97 Å². The zero-order valence-corrected chi connectivity index (χ0v) is 17.4. The summed E-state index contributed by atoms with van der Waals surface area (Å²) in [7, 11) is 1.33. The Hall–Kier alpha value is -3.61. The van der Waals surface area contributed by atoms with Crippen LogP contribution in [0.2, 0.25) is 0 Å². The Labute approximate surface area is 175 Å². The summed E-state index contributed by atoms with van der Waals surface area (Å²) in [4.78, 5) is 24.3. The molecule has 30 heavy (non-hydrogen) atoms. The summed E-state index contributed by atoms with van der Waals surface area (Å²) >= 11 is 0. The predicted octanol–water partition coefficient (Wildman–Crippen LogP) is 4.15. The van der Waals surface area contributed by atoms with Crippen LogP contribution in [0.25, 0.3) is 0 Å². The van der Waals surface area contributed by atoms with Crippen molar-refractivity contribution >= 4 is 17.6 Å². The van der Waals surface area contributed by atoms with Crippen LogP contribution >= 0.6 is 0 Å². The normalized spacial score (nSPS) is 10.5. The Morgan fingerprint density at radius 2 is 1.80 bits per heavy atom. The fourth-order valence-electron chi connectivity index (χ4n) is 3.05. The SMILES string of the molecule is COC(=O)c1cccc(NC(=O)Cc2ccc(OCc3c(C)noc3C)cc2)c1C. The lowest BCUT2D eigenvalue weighted by molar-refractivity contribution is -0.115. The van der Waals surface area contributed by atoms with Gasteiger partial charge < -0.3 is 19.3 Å². The first kappa shape index (κ1) is 21.1. The number of hydrogen-bond acceptors (Lipinski definition) is 6. The molecule has 0 aliphatic rings. The van der Waals surface area contributed by atoms with Crippen LogP contribution in [0.5, 0.6) is 5.75 Å².